The smallest absolute Gasteiger partial charge is 0.338 e. The molecule has 0 heterocycles. The Bertz CT molecular complexity index is 1140. The number of halogens is 1. The monoisotopic (exact) mass is 468 g/mol. The Balaban J connectivity index is 1.61. The molecule has 172 valence electrons. The second-order valence-corrected chi connectivity index (χ2v) is 7.78. The molecule has 1 atom stereocenters. The van der Waals surface area contributed by atoms with Crippen LogP contribution in [0.4, 0.5) is 5.69 Å². The van der Waals surface area contributed by atoms with Crippen molar-refractivity contribution >= 4 is 29.2 Å². The van der Waals surface area contributed by atoms with E-state index < -0.39 is 18.0 Å². The van der Waals surface area contributed by atoms with Crippen molar-refractivity contribution in [1.82, 2.24) is 5.32 Å². The van der Waals surface area contributed by atoms with Gasteiger partial charge in [-0.1, -0.05) is 41.9 Å². The molecule has 1 unspecified atom stereocenters. The largest absolute Gasteiger partial charge is 0.478 e. The van der Waals surface area contributed by atoms with Crippen molar-refractivity contribution in [2.45, 2.75) is 6.10 Å². The molecule has 0 radical (unpaired) electrons. The van der Waals surface area contributed by atoms with Crippen LogP contribution < -0.4 is 10.6 Å². The summed E-state index contributed by atoms with van der Waals surface area (Å²) in [6.45, 7) is 1.61. The van der Waals surface area contributed by atoms with Gasteiger partial charge < -0.3 is 25.6 Å². The Kier molecular flexibility index (Phi) is 8.43. The first-order valence-corrected chi connectivity index (χ1v) is 10.7. The summed E-state index contributed by atoms with van der Waals surface area (Å²) in [5.41, 5.74) is 3.12. The highest BCUT2D eigenvalue weighted by Crippen LogP contribution is 2.28. The molecule has 0 saturated carbocycles. The molecule has 0 fully saturated rings. The van der Waals surface area contributed by atoms with Gasteiger partial charge in [0.1, 0.15) is 0 Å². The van der Waals surface area contributed by atoms with Gasteiger partial charge in [-0.3, -0.25) is 0 Å². The Labute approximate surface area is 197 Å². The number of esters is 1. The zero-order chi connectivity index (χ0) is 23.8. The Morgan fingerprint density at radius 3 is 2.55 bits per heavy atom. The van der Waals surface area contributed by atoms with E-state index in [4.69, 9.17) is 16.3 Å². The van der Waals surface area contributed by atoms with Gasteiger partial charge in [0, 0.05) is 30.3 Å². The van der Waals surface area contributed by atoms with Gasteiger partial charge in [-0.2, -0.15) is 0 Å². The lowest BCUT2D eigenvalue weighted by atomic mass is 9.97. The van der Waals surface area contributed by atoms with Crippen LogP contribution in [0.5, 0.6) is 0 Å². The number of aromatic carboxylic acids is 1. The number of anilines is 1. The van der Waals surface area contributed by atoms with Gasteiger partial charge in [-0.15, -0.1) is 0 Å². The minimum atomic E-state index is -1.12. The van der Waals surface area contributed by atoms with Crippen LogP contribution in [0.3, 0.4) is 0 Å². The molecule has 3 aromatic carbocycles. The van der Waals surface area contributed by atoms with Gasteiger partial charge in [0.2, 0.25) is 0 Å². The molecule has 3 rings (SSSR count). The summed E-state index contributed by atoms with van der Waals surface area (Å²) >= 11 is 5.96. The van der Waals surface area contributed by atoms with E-state index in [1.807, 2.05) is 30.3 Å². The summed E-state index contributed by atoms with van der Waals surface area (Å²) in [6.07, 6.45) is -0.655. The third kappa shape index (κ3) is 6.55. The van der Waals surface area contributed by atoms with E-state index in [1.54, 1.807) is 24.3 Å². The highest BCUT2D eigenvalue weighted by atomic mass is 35.5. The fourth-order valence-electron chi connectivity index (χ4n) is 3.37. The number of methoxy groups -OCH3 is 1. The summed E-state index contributed by atoms with van der Waals surface area (Å²) < 4.78 is 4.83. The summed E-state index contributed by atoms with van der Waals surface area (Å²) in [7, 11) is 1.26. The fraction of sp³-hybridized carbons (Fsp3) is 0.200. The quantitative estimate of drug-likeness (QED) is 0.260. The van der Waals surface area contributed by atoms with Gasteiger partial charge in [-0.25, -0.2) is 9.59 Å². The molecule has 8 heteroatoms. The van der Waals surface area contributed by atoms with E-state index in [0.717, 1.165) is 16.8 Å². The van der Waals surface area contributed by atoms with E-state index in [0.29, 0.717) is 30.2 Å². The first-order valence-electron chi connectivity index (χ1n) is 10.3. The first-order chi connectivity index (χ1) is 15.9. The second-order valence-electron chi connectivity index (χ2n) is 7.34. The number of ether oxygens (including phenoxy) is 1. The standard InChI is InChI=1S/C25H25ClN2O5/c1-33-25(32)22-14-18(24(30)31)8-9-21(22)16-4-3-7-20(13-16)28-11-10-27-15-23(29)17-5-2-6-19(26)12-17/h2-9,12-14,23,27-29H,10-11,15H2,1H3,(H,30,31). The average Bonchev–Trinajstić information content (AvgIpc) is 2.83. The van der Waals surface area contributed by atoms with Crippen molar-refractivity contribution in [3.05, 3.63) is 88.4 Å². The van der Waals surface area contributed by atoms with Crippen LogP contribution in [0.1, 0.15) is 32.4 Å². The van der Waals surface area contributed by atoms with Crippen molar-refractivity contribution in [1.29, 1.82) is 0 Å². The predicted molar refractivity (Wildman–Crippen MR) is 128 cm³/mol. The number of carboxylic acid groups (broad SMARTS) is 1. The molecule has 33 heavy (non-hydrogen) atoms. The lowest BCUT2D eigenvalue weighted by Gasteiger charge is -2.14. The molecule has 0 amide bonds. The molecule has 0 aliphatic carbocycles. The number of nitrogens with one attached hydrogen (secondary N) is 2. The topological polar surface area (TPSA) is 108 Å². The van der Waals surface area contributed by atoms with Crippen LogP contribution in [0.15, 0.2) is 66.7 Å². The lowest BCUT2D eigenvalue weighted by Crippen LogP contribution is -2.26. The van der Waals surface area contributed by atoms with Crippen molar-refractivity contribution in [3.63, 3.8) is 0 Å². The summed E-state index contributed by atoms with van der Waals surface area (Å²) in [4.78, 5) is 23.5. The van der Waals surface area contributed by atoms with Crippen LogP contribution in [0.25, 0.3) is 11.1 Å². The zero-order valence-corrected chi connectivity index (χ0v) is 18.8. The number of benzene rings is 3. The highest BCUT2D eigenvalue weighted by molar-refractivity contribution is 6.30. The Morgan fingerprint density at radius 2 is 1.82 bits per heavy atom. The minimum absolute atomic E-state index is 0.0134. The number of hydrogen-bond acceptors (Lipinski definition) is 6. The van der Waals surface area contributed by atoms with Gasteiger partial charge in [-0.05, 0) is 53.1 Å². The number of aliphatic hydroxyl groups excluding tert-OH is 1. The number of hydrogen-bond donors (Lipinski definition) is 4. The predicted octanol–water partition coefficient (Wildman–Crippen LogP) is 4.23. The molecule has 0 saturated heterocycles. The van der Waals surface area contributed by atoms with E-state index in [-0.39, 0.29) is 11.1 Å². The number of aliphatic hydroxyl groups is 1. The summed E-state index contributed by atoms with van der Waals surface area (Å²) in [5.74, 6) is -1.72. The van der Waals surface area contributed by atoms with Gasteiger partial charge >= 0.3 is 11.9 Å². The maximum Gasteiger partial charge on any atom is 0.338 e. The number of carbonyl (C=O) groups excluding carboxylic acids is 1. The molecule has 0 aliphatic heterocycles. The molecule has 4 N–H and O–H groups in total. The van der Waals surface area contributed by atoms with E-state index in [1.165, 1.54) is 19.2 Å². The molecular formula is C25H25ClN2O5. The van der Waals surface area contributed by atoms with E-state index in [9.17, 15) is 19.8 Å². The number of carbonyl (C=O) groups is 2. The Hall–Kier alpha value is -3.39. The second kappa shape index (κ2) is 11.5. The molecule has 0 spiro atoms. The van der Waals surface area contributed by atoms with Gasteiger partial charge in [0.05, 0.1) is 24.3 Å². The minimum Gasteiger partial charge on any atom is -0.478 e. The molecule has 0 aromatic heterocycles. The highest BCUT2D eigenvalue weighted by Gasteiger charge is 2.17. The first kappa shape index (κ1) is 24.3. The van der Waals surface area contributed by atoms with Crippen LogP contribution in [0.2, 0.25) is 5.02 Å². The number of carboxylic acids is 1. The SMILES string of the molecule is COC(=O)c1cc(C(=O)O)ccc1-c1cccc(NCCNCC(O)c2cccc(Cl)c2)c1. The zero-order valence-electron chi connectivity index (χ0n) is 18.0. The van der Waals surface area contributed by atoms with Crippen LogP contribution in [-0.2, 0) is 4.74 Å². The van der Waals surface area contributed by atoms with Crippen molar-refractivity contribution in [2.24, 2.45) is 0 Å². The molecule has 3 aromatic rings. The fourth-order valence-corrected chi connectivity index (χ4v) is 3.57. The average molecular weight is 469 g/mol. The van der Waals surface area contributed by atoms with Gasteiger partial charge in [0.25, 0.3) is 0 Å². The normalized spacial score (nSPS) is 11.6. The lowest BCUT2D eigenvalue weighted by molar-refractivity contribution is 0.0601. The molecule has 7 nitrogen and oxygen atoms in total. The van der Waals surface area contributed by atoms with Crippen molar-refractivity contribution in [3.8, 4) is 11.1 Å². The molecule has 0 bridgehead atoms. The van der Waals surface area contributed by atoms with E-state index >= 15 is 0 Å². The third-order valence-electron chi connectivity index (χ3n) is 5.05. The van der Waals surface area contributed by atoms with Gasteiger partial charge in [0.15, 0.2) is 0 Å². The maximum atomic E-state index is 12.2. The Morgan fingerprint density at radius 1 is 1.03 bits per heavy atom. The van der Waals surface area contributed by atoms with Crippen LogP contribution in [0, 0.1) is 0 Å². The van der Waals surface area contributed by atoms with Crippen LogP contribution >= 0.6 is 11.6 Å². The molecular weight excluding hydrogens is 444 g/mol. The maximum absolute atomic E-state index is 12.2. The summed E-state index contributed by atoms with van der Waals surface area (Å²) in [5, 5.41) is 26.6. The van der Waals surface area contributed by atoms with Crippen LogP contribution in [-0.4, -0.2) is 48.9 Å². The summed E-state index contributed by atoms with van der Waals surface area (Å²) in [6, 6.07) is 19.0. The third-order valence-corrected chi connectivity index (χ3v) is 5.28. The van der Waals surface area contributed by atoms with E-state index in [2.05, 4.69) is 10.6 Å². The van der Waals surface area contributed by atoms with Crippen molar-refractivity contribution < 1.29 is 24.5 Å². The molecule has 0 aliphatic rings. The van der Waals surface area contributed by atoms with Crippen molar-refractivity contribution in [2.75, 3.05) is 32.1 Å². The number of rotatable bonds is 10.